The van der Waals surface area contributed by atoms with Crippen molar-refractivity contribution in [2.45, 2.75) is 37.8 Å². The molecule has 5 nitrogen and oxygen atoms in total. The molecule has 2 aromatic carbocycles. The van der Waals surface area contributed by atoms with Gasteiger partial charge in [-0.2, -0.15) is 27.2 Å². The number of hydrogen-bond acceptors (Lipinski definition) is 3. The van der Waals surface area contributed by atoms with Crippen molar-refractivity contribution in [3.05, 3.63) is 65.9 Å². The highest BCUT2D eigenvalue weighted by atomic mass is 32.2. The number of halogens is 3. The quantitative estimate of drug-likeness (QED) is 0.640. The van der Waals surface area contributed by atoms with Crippen molar-refractivity contribution >= 4 is 16.9 Å². The van der Waals surface area contributed by atoms with E-state index in [0.29, 0.717) is 34.7 Å². The molecular formula is C21H21F3N3O2S+. The van der Waals surface area contributed by atoms with Crippen LogP contribution in [0.4, 0.5) is 13.2 Å². The summed E-state index contributed by atoms with van der Waals surface area (Å²) in [6.45, 7) is 3.75. The number of quaternary nitrogens is 1. The molecule has 3 aromatic rings. The molecule has 0 fully saturated rings. The first-order chi connectivity index (χ1) is 14.2. The first-order valence-corrected chi connectivity index (χ1v) is 10.5. The molecule has 30 heavy (non-hydrogen) atoms. The molecule has 1 aromatic heterocycles. The SMILES string of the molecule is CCCC(=O)[NH2+]S(=O)c1ccc(-n2nc(C(F)(F)F)cc2-c2ccc(C)cc2)cc1. The van der Waals surface area contributed by atoms with E-state index in [1.165, 1.54) is 28.9 Å². The zero-order chi connectivity index (χ0) is 21.9. The minimum atomic E-state index is -4.58. The molecule has 1 amide bonds. The van der Waals surface area contributed by atoms with E-state index in [1.807, 2.05) is 26.0 Å². The smallest absolute Gasteiger partial charge is 0.233 e. The number of hydrogen-bond donors (Lipinski definition) is 1. The Morgan fingerprint density at radius 1 is 1.10 bits per heavy atom. The summed E-state index contributed by atoms with van der Waals surface area (Å²) < 4.78 is 54.5. The highest BCUT2D eigenvalue weighted by Gasteiger charge is 2.35. The van der Waals surface area contributed by atoms with Crippen molar-refractivity contribution in [1.29, 1.82) is 0 Å². The Balaban J connectivity index is 1.96. The van der Waals surface area contributed by atoms with E-state index in [2.05, 4.69) is 5.10 Å². The van der Waals surface area contributed by atoms with E-state index in [0.717, 1.165) is 16.4 Å². The van der Waals surface area contributed by atoms with E-state index in [-0.39, 0.29) is 5.91 Å². The molecule has 1 atom stereocenters. The zero-order valence-corrected chi connectivity index (χ0v) is 17.3. The Morgan fingerprint density at radius 3 is 2.30 bits per heavy atom. The molecule has 158 valence electrons. The van der Waals surface area contributed by atoms with Gasteiger partial charge in [-0.3, -0.25) is 0 Å². The van der Waals surface area contributed by atoms with Crippen molar-refractivity contribution < 1.29 is 26.9 Å². The summed E-state index contributed by atoms with van der Waals surface area (Å²) in [5.74, 6) is -0.205. The van der Waals surface area contributed by atoms with Crippen LogP contribution < -0.4 is 4.72 Å². The Labute approximate surface area is 174 Å². The zero-order valence-electron chi connectivity index (χ0n) is 16.4. The molecule has 0 saturated carbocycles. The van der Waals surface area contributed by atoms with Gasteiger partial charge in [0.25, 0.3) is 0 Å². The van der Waals surface area contributed by atoms with Crippen LogP contribution in [0.25, 0.3) is 16.9 Å². The lowest BCUT2D eigenvalue weighted by Crippen LogP contribution is -2.88. The van der Waals surface area contributed by atoms with Crippen molar-refractivity contribution in [3.8, 4) is 16.9 Å². The van der Waals surface area contributed by atoms with Gasteiger partial charge < -0.3 is 0 Å². The van der Waals surface area contributed by atoms with Gasteiger partial charge in [0.2, 0.25) is 11.0 Å². The van der Waals surface area contributed by atoms with Crippen LogP contribution in [0.5, 0.6) is 0 Å². The van der Waals surface area contributed by atoms with Gasteiger partial charge in [-0.05, 0) is 43.7 Å². The first-order valence-electron chi connectivity index (χ1n) is 9.32. The minimum Gasteiger partial charge on any atom is -0.233 e. The van der Waals surface area contributed by atoms with E-state index < -0.39 is 22.9 Å². The Hall–Kier alpha value is -2.78. The number of primary amides is 1. The van der Waals surface area contributed by atoms with Gasteiger partial charge >= 0.3 is 12.1 Å². The molecule has 0 aliphatic heterocycles. The predicted octanol–water partition coefficient (Wildman–Crippen LogP) is 3.78. The third-order valence-electron chi connectivity index (χ3n) is 4.40. The maximum atomic E-state index is 13.3. The van der Waals surface area contributed by atoms with Crippen LogP contribution in [0.2, 0.25) is 0 Å². The number of benzene rings is 2. The lowest BCUT2D eigenvalue weighted by Gasteiger charge is -2.08. The van der Waals surface area contributed by atoms with Crippen LogP contribution in [0.3, 0.4) is 0 Å². The molecule has 0 radical (unpaired) electrons. The lowest BCUT2D eigenvalue weighted by atomic mass is 10.1. The molecule has 2 N–H and O–H groups in total. The monoisotopic (exact) mass is 436 g/mol. The van der Waals surface area contributed by atoms with Crippen LogP contribution in [-0.2, 0) is 22.0 Å². The maximum absolute atomic E-state index is 13.3. The number of aromatic nitrogens is 2. The van der Waals surface area contributed by atoms with Gasteiger partial charge in [0, 0.05) is 5.56 Å². The molecule has 9 heteroatoms. The Bertz CT molecular complexity index is 1060. The van der Waals surface area contributed by atoms with Crippen LogP contribution in [-0.4, -0.2) is 19.9 Å². The van der Waals surface area contributed by atoms with Gasteiger partial charge in [-0.1, -0.05) is 36.8 Å². The summed E-state index contributed by atoms with van der Waals surface area (Å²) in [5, 5.41) is 3.75. The molecule has 3 rings (SSSR count). The fourth-order valence-electron chi connectivity index (χ4n) is 2.86. The molecule has 0 aliphatic carbocycles. The minimum absolute atomic E-state index is 0.205. The number of nitrogens with two attached hydrogens (primary N) is 1. The summed E-state index contributed by atoms with van der Waals surface area (Å²) in [6.07, 6.45) is -3.61. The number of carbonyl (C=O) groups excluding carboxylic acids is 1. The highest BCUT2D eigenvalue weighted by molar-refractivity contribution is 7.78. The maximum Gasteiger partial charge on any atom is 0.435 e. The Kier molecular flexibility index (Phi) is 6.52. The number of nitrogens with zero attached hydrogens (tertiary/aromatic N) is 2. The van der Waals surface area contributed by atoms with Crippen molar-refractivity contribution in [2.24, 2.45) is 0 Å². The van der Waals surface area contributed by atoms with Gasteiger partial charge in [-0.25, -0.2) is 9.48 Å². The number of carbonyl (C=O) groups is 1. The van der Waals surface area contributed by atoms with Crippen molar-refractivity contribution in [1.82, 2.24) is 9.78 Å². The summed E-state index contributed by atoms with van der Waals surface area (Å²) in [7, 11) is -1.62. The molecular weight excluding hydrogens is 415 g/mol. The van der Waals surface area contributed by atoms with E-state index in [4.69, 9.17) is 0 Å². The predicted molar refractivity (Wildman–Crippen MR) is 107 cm³/mol. The average molecular weight is 436 g/mol. The first kappa shape index (κ1) is 21.9. The third kappa shape index (κ3) is 5.03. The number of alkyl halides is 3. The van der Waals surface area contributed by atoms with E-state index in [9.17, 15) is 22.2 Å². The number of amides is 1. The largest absolute Gasteiger partial charge is 0.435 e. The summed E-state index contributed by atoms with van der Waals surface area (Å²) in [6, 6.07) is 14.2. The fraction of sp³-hybridized carbons (Fsp3) is 0.238. The number of rotatable bonds is 6. The van der Waals surface area contributed by atoms with Crippen LogP contribution in [0.1, 0.15) is 31.0 Å². The highest BCUT2D eigenvalue weighted by Crippen LogP contribution is 2.33. The second-order valence-electron chi connectivity index (χ2n) is 6.82. The Morgan fingerprint density at radius 2 is 1.73 bits per heavy atom. The molecule has 0 bridgehead atoms. The topological polar surface area (TPSA) is 68.6 Å². The lowest BCUT2D eigenvalue weighted by molar-refractivity contribution is -0.406. The van der Waals surface area contributed by atoms with Crippen molar-refractivity contribution in [3.63, 3.8) is 0 Å². The van der Waals surface area contributed by atoms with Gasteiger partial charge in [0.05, 0.1) is 22.7 Å². The molecule has 1 heterocycles. The second kappa shape index (κ2) is 8.93. The second-order valence-corrected chi connectivity index (χ2v) is 8.12. The van der Waals surface area contributed by atoms with Gasteiger partial charge in [-0.15, -0.1) is 0 Å². The van der Waals surface area contributed by atoms with Gasteiger partial charge in [0.15, 0.2) is 5.69 Å². The van der Waals surface area contributed by atoms with E-state index >= 15 is 0 Å². The number of aryl methyl sites for hydroxylation is 1. The fourth-order valence-corrected chi connectivity index (χ4v) is 3.76. The molecule has 1 unspecified atom stereocenters. The summed E-state index contributed by atoms with van der Waals surface area (Å²) in [5.41, 5.74) is 1.27. The molecule has 0 spiro atoms. The third-order valence-corrected chi connectivity index (χ3v) is 5.61. The summed E-state index contributed by atoms with van der Waals surface area (Å²) >= 11 is 0. The molecule has 0 saturated heterocycles. The normalized spacial score (nSPS) is 12.7. The van der Waals surface area contributed by atoms with Crippen LogP contribution >= 0.6 is 0 Å². The van der Waals surface area contributed by atoms with Crippen LogP contribution in [0.15, 0.2) is 59.5 Å². The standard InChI is InChI=1S/C21H20F3N3O2S/c1-3-4-20(28)26-30(29)17-11-9-16(10-12-17)27-18(13-19(25-27)21(22,23)24)15-7-5-14(2)6-8-15/h5-13H,3-4H2,1-2H3,(H,26,28)/p+1. The van der Waals surface area contributed by atoms with Gasteiger partial charge in [0.1, 0.15) is 0 Å². The molecule has 0 aliphatic rings. The van der Waals surface area contributed by atoms with Crippen molar-refractivity contribution in [2.75, 3.05) is 0 Å². The van der Waals surface area contributed by atoms with E-state index in [1.54, 1.807) is 12.1 Å². The average Bonchev–Trinajstić information content (AvgIpc) is 3.15. The van der Waals surface area contributed by atoms with Crippen LogP contribution in [0, 0.1) is 6.92 Å². The summed E-state index contributed by atoms with van der Waals surface area (Å²) in [4.78, 5) is 12.1.